The summed E-state index contributed by atoms with van der Waals surface area (Å²) in [5.41, 5.74) is 1.79. The highest BCUT2D eigenvalue weighted by Crippen LogP contribution is 2.23. The number of rotatable bonds is 2. The monoisotopic (exact) mass is 248 g/mol. The first kappa shape index (κ1) is 14.8. The van der Waals surface area contributed by atoms with Gasteiger partial charge in [-0.3, -0.25) is 4.79 Å². The summed E-state index contributed by atoms with van der Waals surface area (Å²) in [6.07, 6.45) is 2.72. The van der Waals surface area contributed by atoms with Crippen LogP contribution in [0.5, 0.6) is 0 Å². The molecule has 0 radical (unpaired) electrons. The van der Waals surface area contributed by atoms with Crippen LogP contribution < -0.4 is 0 Å². The number of carbonyl (C=O) groups excluding carboxylic acids is 1. The van der Waals surface area contributed by atoms with Gasteiger partial charge < -0.3 is 0 Å². The molecule has 18 heavy (non-hydrogen) atoms. The number of hydrogen-bond acceptors (Lipinski definition) is 3. The van der Waals surface area contributed by atoms with Crippen LogP contribution in [0.4, 0.5) is 0 Å². The summed E-state index contributed by atoms with van der Waals surface area (Å²) in [6, 6.07) is 0. The molecule has 100 valence electrons. The van der Waals surface area contributed by atoms with E-state index in [0.29, 0.717) is 5.82 Å². The molecule has 1 rings (SSSR count). The molecule has 0 bridgehead atoms. The van der Waals surface area contributed by atoms with Gasteiger partial charge in [0.2, 0.25) is 5.78 Å². The largest absolute Gasteiger partial charge is 0.290 e. The van der Waals surface area contributed by atoms with E-state index in [0.717, 1.165) is 17.7 Å². The number of Topliss-reactive ketones (excluding diaryl/α,β-unsaturated/α-hetero) is 1. The Labute approximate surface area is 110 Å². The summed E-state index contributed by atoms with van der Waals surface area (Å²) in [7, 11) is 0. The Bertz CT molecular complexity index is 451. The Morgan fingerprint density at radius 1 is 1.17 bits per heavy atom. The van der Waals surface area contributed by atoms with Crippen molar-refractivity contribution in [2.75, 3.05) is 0 Å². The molecule has 0 aliphatic carbocycles. The Hall–Kier alpha value is -1.25. The predicted molar refractivity (Wildman–Crippen MR) is 73.7 cm³/mol. The molecular formula is C15H24N2O. The van der Waals surface area contributed by atoms with Crippen LogP contribution in [-0.4, -0.2) is 15.8 Å². The predicted octanol–water partition coefficient (Wildman–Crippen LogP) is 3.60. The topological polar surface area (TPSA) is 42.9 Å². The second-order valence-electron chi connectivity index (χ2n) is 7.12. The van der Waals surface area contributed by atoms with E-state index in [-0.39, 0.29) is 11.2 Å². The second kappa shape index (κ2) is 4.79. The van der Waals surface area contributed by atoms with Crippen molar-refractivity contribution in [2.45, 2.75) is 54.9 Å². The maximum atomic E-state index is 12.1. The van der Waals surface area contributed by atoms with Crippen molar-refractivity contribution in [3.63, 3.8) is 0 Å². The fourth-order valence-electron chi connectivity index (χ4n) is 1.68. The van der Waals surface area contributed by atoms with Gasteiger partial charge in [0.15, 0.2) is 5.82 Å². The van der Waals surface area contributed by atoms with Gasteiger partial charge in [-0.15, -0.1) is 0 Å². The average molecular weight is 248 g/mol. The van der Waals surface area contributed by atoms with Gasteiger partial charge in [-0.25, -0.2) is 9.97 Å². The van der Waals surface area contributed by atoms with Crippen LogP contribution in [0, 0.1) is 17.8 Å². The number of ketones is 1. The van der Waals surface area contributed by atoms with Gasteiger partial charge in [0.05, 0.1) is 0 Å². The lowest BCUT2D eigenvalue weighted by atomic mass is 9.87. The standard InChI is InChI=1S/C15H24N2O/c1-10-11(8-14(2,3)4)9-16-13(17-10)12(18)15(5,6)7/h9H,8H2,1-7H3. The Balaban J connectivity index is 3.04. The van der Waals surface area contributed by atoms with Crippen molar-refractivity contribution in [2.24, 2.45) is 10.8 Å². The highest BCUT2D eigenvalue weighted by molar-refractivity contribution is 5.96. The zero-order valence-corrected chi connectivity index (χ0v) is 12.6. The normalized spacial score (nSPS) is 12.6. The lowest BCUT2D eigenvalue weighted by Crippen LogP contribution is -2.23. The van der Waals surface area contributed by atoms with Crippen molar-refractivity contribution >= 4 is 5.78 Å². The zero-order chi connectivity index (χ0) is 14.1. The van der Waals surface area contributed by atoms with E-state index in [2.05, 4.69) is 30.7 Å². The molecular weight excluding hydrogens is 224 g/mol. The number of aromatic nitrogens is 2. The summed E-state index contributed by atoms with van der Waals surface area (Å²) in [4.78, 5) is 20.7. The summed E-state index contributed by atoms with van der Waals surface area (Å²) >= 11 is 0. The van der Waals surface area contributed by atoms with Crippen molar-refractivity contribution in [1.82, 2.24) is 9.97 Å². The van der Waals surface area contributed by atoms with E-state index in [9.17, 15) is 4.79 Å². The first-order chi connectivity index (χ1) is 8.00. The van der Waals surface area contributed by atoms with Gasteiger partial charge in [0.1, 0.15) is 0 Å². The van der Waals surface area contributed by atoms with Gasteiger partial charge in [-0.1, -0.05) is 41.5 Å². The van der Waals surface area contributed by atoms with Gasteiger partial charge in [0.25, 0.3) is 0 Å². The van der Waals surface area contributed by atoms with E-state index in [1.54, 1.807) is 6.20 Å². The fraction of sp³-hybridized carbons (Fsp3) is 0.667. The van der Waals surface area contributed by atoms with Crippen LogP contribution in [0.15, 0.2) is 6.20 Å². The summed E-state index contributed by atoms with van der Waals surface area (Å²) in [6.45, 7) is 14.1. The number of carbonyl (C=O) groups is 1. The van der Waals surface area contributed by atoms with E-state index in [1.165, 1.54) is 0 Å². The van der Waals surface area contributed by atoms with Crippen molar-refractivity contribution in [1.29, 1.82) is 0 Å². The summed E-state index contributed by atoms with van der Waals surface area (Å²) in [5.74, 6) is 0.325. The third kappa shape index (κ3) is 3.90. The third-order valence-electron chi connectivity index (χ3n) is 2.69. The molecule has 1 heterocycles. The number of aryl methyl sites for hydroxylation is 1. The molecule has 0 fully saturated rings. The molecule has 0 aliphatic rings. The summed E-state index contributed by atoms with van der Waals surface area (Å²) in [5, 5.41) is 0. The quantitative estimate of drug-likeness (QED) is 0.751. The molecule has 0 aromatic carbocycles. The molecule has 0 unspecified atom stereocenters. The van der Waals surface area contributed by atoms with Crippen molar-refractivity contribution in [3.05, 3.63) is 23.3 Å². The molecule has 1 aromatic rings. The minimum absolute atomic E-state index is 0.00657. The van der Waals surface area contributed by atoms with Gasteiger partial charge in [0, 0.05) is 17.3 Å². The molecule has 3 nitrogen and oxygen atoms in total. The number of nitrogens with zero attached hydrogens (tertiary/aromatic N) is 2. The molecule has 0 saturated heterocycles. The third-order valence-corrected chi connectivity index (χ3v) is 2.69. The van der Waals surface area contributed by atoms with Crippen LogP contribution in [0.25, 0.3) is 0 Å². The van der Waals surface area contributed by atoms with E-state index in [1.807, 2.05) is 27.7 Å². The lowest BCUT2D eigenvalue weighted by Gasteiger charge is -2.20. The second-order valence-corrected chi connectivity index (χ2v) is 7.12. The van der Waals surface area contributed by atoms with E-state index < -0.39 is 5.41 Å². The van der Waals surface area contributed by atoms with Crippen LogP contribution in [-0.2, 0) is 6.42 Å². The van der Waals surface area contributed by atoms with Crippen LogP contribution in [0.1, 0.15) is 63.4 Å². The Kier molecular flexibility index (Phi) is 3.94. The Morgan fingerprint density at radius 3 is 2.11 bits per heavy atom. The molecule has 0 N–H and O–H groups in total. The molecule has 1 aromatic heterocycles. The summed E-state index contributed by atoms with van der Waals surface area (Å²) < 4.78 is 0. The van der Waals surface area contributed by atoms with Crippen LogP contribution in [0.3, 0.4) is 0 Å². The zero-order valence-electron chi connectivity index (χ0n) is 12.6. The minimum Gasteiger partial charge on any atom is -0.290 e. The smallest absolute Gasteiger partial charge is 0.205 e. The van der Waals surface area contributed by atoms with Crippen LogP contribution >= 0.6 is 0 Å². The Morgan fingerprint density at radius 2 is 1.72 bits per heavy atom. The lowest BCUT2D eigenvalue weighted by molar-refractivity contribution is 0.0846. The van der Waals surface area contributed by atoms with Gasteiger partial charge in [-0.2, -0.15) is 0 Å². The average Bonchev–Trinajstić information content (AvgIpc) is 2.16. The SMILES string of the molecule is Cc1nc(C(=O)C(C)(C)C)ncc1CC(C)(C)C. The molecule has 0 spiro atoms. The first-order valence-electron chi connectivity index (χ1n) is 6.38. The van der Waals surface area contributed by atoms with Crippen LogP contribution in [0.2, 0.25) is 0 Å². The van der Waals surface area contributed by atoms with Gasteiger partial charge >= 0.3 is 0 Å². The molecule has 0 atom stereocenters. The van der Waals surface area contributed by atoms with Crippen molar-refractivity contribution < 1.29 is 4.79 Å². The fourth-order valence-corrected chi connectivity index (χ4v) is 1.68. The minimum atomic E-state index is -0.433. The molecule has 3 heteroatoms. The van der Waals surface area contributed by atoms with Crippen molar-refractivity contribution in [3.8, 4) is 0 Å². The van der Waals surface area contributed by atoms with E-state index >= 15 is 0 Å². The molecule has 0 amide bonds. The maximum Gasteiger partial charge on any atom is 0.205 e. The highest BCUT2D eigenvalue weighted by Gasteiger charge is 2.26. The number of hydrogen-bond donors (Lipinski definition) is 0. The molecule has 0 saturated carbocycles. The molecule has 0 aliphatic heterocycles. The van der Waals surface area contributed by atoms with E-state index in [4.69, 9.17) is 0 Å². The van der Waals surface area contributed by atoms with Gasteiger partial charge in [-0.05, 0) is 24.3 Å². The maximum absolute atomic E-state index is 12.1. The first-order valence-corrected chi connectivity index (χ1v) is 6.38. The highest BCUT2D eigenvalue weighted by atomic mass is 16.1.